The molecule has 0 fully saturated rings. The van der Waals surface area contributed by atoms with Gasteiger partial charge in [-0.2, -0.15) is 8.42 Å². The van der Waals surface area contributed by atoms with E-state index in [0.717, 1.165) is 12.2 Å². The SMILES string of the molecule is CCC(C)Oc1ccccc1.O=S(=O)(O)O. The summed E-state index contributed by atoms with van der Waals surface area (Å²) in [5.41, 5.74) is 0. The maximum absolute atomic E-state index is 8.74. The summed E-state index contributed by atoms with van der Waals surface area (Å²) < 4.78 is 37.1. The molecule has 0 aliphatic heterocycles. The lowest BCUT2D eigenvalue weighted by Gasteiger charge is -2.11. The molecule has 1 rings (SSSR count). The minimum Gasteiger partial charge on any atom is -0.491 e. The van der Waals surface area contributed by atoms with Crippen LogP contribution in [0.5, 0.6) is 5.75 Å². The summed E-state index contributed by atoms with van der Waals surface area (Å²) in [6, 6.07) is 9.91. The molecule has 0 aliphatic rings. The number of hydrogen-bond acceptors (Lipinski definition) is 3. The topological polar surface area (TPSA) is 83.8 Å². The van der Waals surface area contributed by atoms with Gasteiger partial charge in [0, 0.05) is 0 Å². The molecule has 0 bridgehead atoms. The summed E-state index contributed by atoms with van der Waals surface area (Å²) >= 11 is 0. The zero-order valence-electron chi connectivity index (χ0n) is 9.20. The third kappa shape index (κ3) is 11.0. The van der Waals surface area contributed by atoms with E-state index in [0.29, 0.717) is 6.10 Å². The molecule has 0 radical (unpaired) electrons. The molecule has 16 heavy (non-hydrogen) atoms. The van der Waals surface area contributed by atoms with E-state index in [1.165, 1.54) is 0 Å². The largest absolute Gasteiger partial charge is 0.491 e. The quantitative estimate of drug-likeness (QED) is 0.801. The number of rotatable bonds is 3. The first-order chi connectivity index (χ1) is 7.33. The summed E-state index contributed by atoms with van der Waals surface area (Å²) in [6.45, 7) is 4.20. The van der Waals surface area contributed by atoms with E-state index in [-0.39, 0.29) is 0 Å². The Morgan fingerprint density at radius 2 is 1.69 bits per heavy atom. The molecule has 0 saturated carbocycles. The van der Waals surface area contributed by atoms with Crippen molar-refractivity contribution in [2.45, 2.75) is 26.4 Å². The lowest BCUT2D eigenvalue weighted by atomic mass is 10.3. The summed E-state index contributed by atoms with van der Waals surface area (Å²) in [5, 5.41) is 0. The van der Waals surface area contributed by atoms with Crippen LogP contribution in [0, 0.1) is 0 Å². The Bertz CT molecular complexity index is 365. The molecule has 0 saturated heterocycles. The van der Waals surface area contributed by atoms with Crippen molar-refractivity contribution in [2.75, 3.05) is 0 Å². The average Bonchev–Trinajstić information content (AvgIpc) is 2.16. The first-order valence-corrected chi connectivity index (χ1v) is 6.14. The van der Waals surface area contributed by atoms with Crippen molar-refractivity contribution in [3.63, 3.8) is 0 Å². The average molecular weight is 248 g/mol. The monoisotopic (exact) mass is 248 g/mol. The second-order valence-electron chi connectivity index (χ2n) is 3.10. The third-order valence-corrected chi connectivity index (χ3v) is 1.66. The Morgan fingerprint density at radius 3 is 2.06 bits per heavy atom. The van der Waals surface area contributed by atoms with Crippen molar-refractivity contribution in [1.29, 1.82) is 0 Å². The van der Waals surface area contributed by atoms with Crippen LogP contribution >= 0.6 is 0 Å². The number of para-hydroxylation sites is 1. The van der Waals surface area contributed by atoms with Gasteiger partial charge in [-0.25, -0.2) is 0 Å². The Morgan fingerprint density at radius 1 is 1.25 bits per heavy atom. The van der Waals surface area contributed by atoms with E-state index in [4.69, 9.17) is 22.3 Å². The van der Waals surface area contributed by atoms with Crippen molar-refractivity contribution < 1.29 is 22.3 Å². The molecular weight excluding hydrogens is 232 g/mol. The fourth-order valence-electron chi connectivity index (χ4n) is 0.815. The predicted octanol–water partition coefficient (Wildman–Crippen LogP) is 2.21. The second-order valence-corrected chi connectivity index (χ2v) is 3.99. The molecule has 6 heteroatoms. The lowest BCUT2D eigenvalue weighted by molar-refractivity contribution is 0.217. The number of hydrogen-bond donors (Lipinski definition) is 2. The van der Waals surface area contributed by atoms with Gasteiger partial charge in [0.1, 0.15) is 5.75 Å². The standard InChI is InChI=1S/C10H14O.H2O4S/c1-3-9(2)11-10-7-5-4-6-8-10;1-5(2,3)4/h4-9H,3H2,1-2H3;(H2,1,2,3,4). The van der Waals surface area contributed by atoms with Gasteiger partial charge < -0.3 is 4.74 Å². The minimum atomic E-state index is -4.67. The molecule has 0 aromatic heterocycles. The maximum Gasteiger partial charge on any atom is 0.394 e. The predicted molar refractivity (Wildman–Crippen MR) is 61.0 cm³/mol. The van der Waals surface area contributed by atoms with Crippen molar-refractivity contribution in [3.05, 3.63) is 30.3 Å². The van der Waals surface area contributed by atoms with Crippen LogP contribution in [0.25, 0.3) is 0 Å². The van der Waals surface area contributed by atoms with Gasteiger partial charge in [0.2, 0.25) is 0 Å². The van der Waals surface area contributed by atoms with E-state index in [1.807, 2.05) is 30.3 Å². The van der Waals surface area contributed by atoms with Gasteiger partial charge in [-0.15, -0.1) is 0 Å². The Balaban J connectivity index is 0.000000385. The van der Waals surface area contributed by atoms with Crippen LogP contribution in [0.1, 0.15) is 20.3 Å². The van der Waals surface area contributed by atoms with Crippen LogP contribution in [0.4, 0.5) is 0 Å². The van der Waals surface area contributed by atoms with Crippen LogP contribution in [0.3, 0.4) is 0 Å². The fraction of sp³-hybridized carbons (Fsp3) is 0.400. The van der Waals surface area contributed by atoms with Crippen molar-refractivity contribution in [1.82, 2.24) is 0 Å². The van der Waals surface area contributed by atoms with Crippen LogP contribution in [-0.4, -0.2) is 23.6 Å². The zero-order valence-corrected chi connectivity index (χ0v) is 10.0. The molecule has 0 aliphatic carbocycles. The van der Waals surface area contributed by atoms with Crippen LogP contribution in [0.2, 0.25) is 0 Å². The molecule has 0 spiro atoms. The molecule has 1 atom stereocenters. The van der Waals surface area contributed by atoms with E-state index >= 15 is 0 Å². The Labute approximate surface area is 95.6 Å². The fourth-order valence-corrected chi connectivity index (χ4v) is 0.815. The van der Waals surface area contributed by atoms with Gasteiger partial charge in [-0.1, -0.05) is 25.1 Å². The van der Waals surface area contributed by atoms with E-state index in [1.54, 1.807) is 0 Å². The van der Waals surface area contributed by atoms with Crippen molar-refractivity contribution in [3.8, 4) is 5.75 Å². The molecule has 0 heterocycles. The van der Waals surface area contributed by atoms with Crippen LogP contribution in [0.15, 0.2) is 30.3 Å². The second kappa shape index (κ2) is 7.21. The van der Waals surface area contributed by atoms with Gasteiger partial charge in [0.25, 0.3) is 0 Å². The highest BCUT2D eigenvalue weighted by atomic mass is 32.3. The van der Waals surface area contributed by atoms with E-state index in [9.17, 15) is 0 Å². The lowest BCUT2D eigenvalue weighted by Crippen LogP contribution is -2.09. The summed E-state index contributed by atoms with van der Waals surface area (Å²) in [7, 11) is -4.67. The molecule has 2 N–H and O–H groups in total. The first-order valence-electron chi connectivity index (χ1n) is 4.74. The third-order valence-electron chi connectivity index (χ3n) is 1.66. The van der Waals surface area contributed by atoms with Gasteiger partial charge in [-0.3, -0.25) is 9.11 Å². The zero-order chi connectivity index (χ0) is 12.6. The summed E-state index contributed by atoms with van der Waals surface area (Å²) in [4.78, 5) is 0. The molecule has 1 aromatic rings. The molecule has 5 nitrogen and oxygen atoms in total. The maximum atomic E-state index is 8.74. The minimum absolute atomic E-state index is 0.317. The summed E-state index contributed by atoms with van der Waals surface area (Å²) in [6.07, 6.45) is 1.37. The van der Waals surface area contributed by atoms with Crippen LogP contribution in [-0.2, 0) is 10.4 Å². The molecule has 1 unspecified atom stereocenters. The first kappa shape index (κ1) is 14.9. The van der Waals surface area contributed by atoms with Crippen molar-refractivity contribution >= 4 is 10.4 Å². The smallest absolute Gasteiger partial charge is 0.394 e. The number of benzene rings is 1. The molecule has 92 valence electrons. The number of ether oxygens (including phenoxy) is 1. The van der Waals surface area contributed by atoms with Gasteiger partial charge in [0.15, 0.2) is 0 Å². The van der Waals surface area contributed by atoms with Gasteiger partial charge in [-0.05, 0) is 25.5 Å². The normalized spacial score (nSPS) is 12.2. The van der Waals surface area contributed by atoms with Crippen LogP contribution < -0.4 is 4.74 Å². The highest BCUT2D eigenvalue weighted by Gasteiger charge is 1.97. The highest BCUT2D eigenvalue weighted by molar-refractivity contribution is 7.79. The van der Waals surface area contributed by atoms with Gasteiger partial charge in [0.05, 0.1) is 6.10 Å². The van der Waals surface area contributed by atoms with Gasteiger partial charge >= 0.3 is 10.4 Å². The summed E-state index contributed by atoms with van der Waals surface area (Å²) in [5.74, 6) is 0.960. The molecule has 0 amide bonds. The highest BCUT2D eigenvalue weighted by Crippen LogP contribution is 2.11. The Kier molecular flexibility index (Phi) is 6.71. The molecular formula is C10H16O5S. The van der Waals surface area contributed by atoms with Crippen molar-refractivity contribution in [2.24, 2.45) is 0 Å². The Hall–Kier alpha value is -1.11. The van der Waals surface area contributed by atoms with E-state index < -0.39 is 10.4 Å². The molecule has 1 aromatic carbocycles. The van der Waals surface area contributed by atoms with E-state index in [2.05, 4.69) is 13.8 Å².